The number of ether oxygens (including phenoxy) is 3. The maximum absolute atomic E-state index is 13.2. The number of nitrogens with zero attached hydrogens (tertiary/aromatic N) is 2. The zero-order valence-electron chi connectivity index (χ0n) is 19.6. The van der Waals surface area contributed by atoms with Crippen LogP contribution in [-0.4, -0.2) is 74.6 Å². The summed E-state index contributed by atoms with van der Waals surface area (Å²) in [6, 6.07) is 11.1. The summed E-state index contributed by atoms with van der Waals surface area (Å²) >= 11 is 0. The number of hydrogen-bond acceptors (Lipinski definition) is 7. The number of aliphatic hydroxyl groups excluding tert-OH is 1. The van der Waals surface area contributed by atoms with Crippen LogP contribution in [0, 0.1) is 0 Å². The molecule has 0 bridgehead atoms. The Morgan fingerprint density at radius 3 is 2.45 bits per heavy atom. The van der Waals surface area contributed by atoms with E-state index in [1.165, 1.54) is 19.1 Å². The van der Waals surface area contributed by atoms with Crippen molar-refractivity contribution < 1.29 is 28.9 Å². The molecule has 1 saturated heterocycles. The van der Waals surface area contributed by atoms with Crippen molar-refractivity contribution >= 4 is 17.4 Å². The molecule has 1 fully saturated rings. The Balaban J connectivity index is 2.22. The minimum absolute atomic E-state index is 0.000965. The van der Waals surface area contributed by atoms with Crippen LogP contribution in [0.3, 0.4) is 0 Å². The number of methoxy groups -OCH3 is 2. The molecule has 8 heteroatoms. The Hall–Kier alpha value is -3.52. The van der Waals surface area contributed by atoms with E-state index in [4.69, 9.17) is 14.2 Å². The first kappa shape index (κ1) is 24.1. The molecule has 33 heavy (non-hydrogen) atoms. The third kappa shape index (κ3) is 4.96. The van der Waals surface area contributed by atoms with Crippen LogP contribution in [0.15, 0.2) is 48.0 Å². The number of likely N-dealkylation sites (N-methyl/N-ethyl adjacent to an activating group) is 1. The van der Waals surface area contributed by atoms with E-state index in [0.717, 1.165) is 0 Å². The fraction of sp³-hybridized carbons (Fsp3) is 0.360. The molecular formula is C25H30N2O6. The van der Waals surface area contributed by atoms with Gasteiger partial charge in [-0.05, 0) is 51.4 Å². The summed E-state index contributed by atoms with van der Waals surface area (Å²) in [7, 11) is 6.82. The Morgan fingerprint density at radius 1 is 1.06 bits per heavy atom. The van der Waals surface area contributed by atoms with Gasteiger partial charge in [0.2, 0.25) is 0 Å². The molecule has 1 unspecified atom stereocenters. The number of hydrogen-bond donors (Lipinski definition) is 1. The van der Waals surface area contributed by atoms with Crippen LogP contribution in [0.2, 0.25) is 0 Å². The molecule has 176 valence electrons. The zero-order valence-corrected chi connectivity index (χ0v) is 19.6. The average molecular weight is 455 g/mol. The molecule has 2 aromatic rings. The van der Waals surface area contributed by atoms with Gasteiger partial charge in [0.05, 0.1) is 32.4 Å². The van der Waals surface area contributed by atoms with Gasteiger partial charge in [-0.2, -0.15) is 0 Å². The lowest BCUT2D eigenvalue weighted by Crippen LogP contribution is -2.35. The third-order valence-corrected chi connectivity index (χ3v) is 5.48. The predicted octanol–water partition coefficient (Wildman–Crippen LogP) is 3.09. The summed E-state index contributed by atoms with van der Waals surface area (Å²) < 4.78 is 16.5. The van der Waals surface area contributed by atoms with E-state index in [0.29, 0.717) is 48.1 Å². The van der Waals surface area contributed by atoms with Crippen molar-refractivity contribution in [1.29, 1.82) is 0 Å². The lowest BCUT2D eigenvalue weighted by atomic mass is 9.94. The highest BCUT2D eigenvalue weighted by atomic mass is 16.5. The summed E-state index contributed by atoms with van der Waals surface area (Å²) in [5.41, 5.74) is 0.940. The van der Waals surface area contributed by atoms with Crippen LogP contribution in [0.25, 0.3) is 5.76 Å². The second kappa shape index (κ2) is 10.4. The maximum atomic E-state index is 13.2. The van der Waals surface area contributed by atoms with Crippen LogP contribution in [0.1, 0.15) is 24.1 Å². The van der Waals surface area contributed by atoms with Crippen molar-refractivity contribution in [1.82, 2.24) is 9.80 Å². The monoisotopic (exact) mass is 454 g/mol. The first-order valence-electron chi connectivity index (χ1n) is 10.7. The Labute approximate surface area is 194 Å². The van der Waals surface area contributed by atoms with Crippen molar-refractivity contribution in [3.63, 3.8) is 0 Å². The number of carbonyl (C=O) groups excluding carboxylic acids is 2. The Kier molecular flexibility index (Phi) is 7.60. The number of benzene rings is 2. The van der Waals surface area contributed by atoms with Gasteiger partial charge in [-0.25, -0.2) is 0 Å². The lowest BCUT2D eigenvalue weighted by molar-refractivity contribution is -0.140. The quantitative estimate of drug-likeness (QED) is 0.354. The molecule has 1 heterocycles. The smallest absolute Gasteiger partial charge is 0.295 e. The van der Waals surface area contributed by atoms with E-state index in [1.807, 2.05) is 25.9 Å². The summed E-state index contributed by atoms with van der Waals surface area (Å²) in [6.45, 7) is 3.14. The van der Waals surface area contributed by atoms with Crippen molar-refractivity contribution in [3.05, 3.63) is 59.2 Å². The summed E-state index contributed by atoms with van der Waals surface area (Å²) in [6.07, 6.45) is 0. The van der Waals surface area contributed by atoms with Gasteiger partial charge in [-0.3, -0.25) is 9.59 Å². The van der Waals surface area contributed by atoms with Gasteiger partial charge in [-0.15, -0.1) is 0 Å². The molecular weight excluding hydrogens is 424 g/mol. The SMILES string of the molecule is CCOc1cccc(/C(O)=C2\C(=O)C(=O)N(CCN(C)C)C2c2cc(OC)ccc2OC)c1. The van der Waals surface area contributed by atoms with E-state index < -0.39 is 17.7 Å². The van der Waals surface area contributed by atoms with Crippen LogP contribution in [-0.2, 0) is 9.59 Å². The van der Waals surface area contributed by atoms with E-state index in [2.05, 4.69) is 0 Å². The molecule has 3 rings (SSSR count). The number of ketones is 1. The van der Waals surface area contributed by atoms with E-state index in [1.54, 1.807) is 42.5 Å². The fourth-order valence-corrected chi connectivity index (χ4v) is 3.85. The summed E-state index contributed by atoms with van der Waals surface area (Å²) in [5.74, 6) is -0.109. The van der Waals surface area contributed by atoms with Crippen molar-refractivity contribution in [3.8, 4) is 17.2 Å². The van der Waals surface area contributed by atoms with Crippen LogP contribution < -0.4 is 14.2 Å². The number of amides is 1. The molecule has 0 aromatic heterocycles. The third-order valence-electron chi connectivity index (χ3n) is 5.48. The first-order valence-corrected chi connectivity index (χ1v) is 10.7. The molecule has 0 radical (unpaired) electrons. The first-order chi connectivity index (χ1) is 15.8. The topological polar surface area (TPSA) is 88.5 Å². The minimum Gasteiger partial charge on any atom is -0.507 e. The van der Waals surface area contributed by atoms with Gasteiger partial charge in [0.15, 0.2) is 0 Å². The van der Waals surface area contributed by atoms with Crippen molar-refractivity contribution in [2.24, 2.45) is 0 Å². The van der Waals surface area contributed by atoms with Crippen LogP contribution in [0.4, 0.5) is 0 Å². The molecule has 8 nitrogen and oxygen atoms in total. The van der Waals surface area contributed by atoms with Gasteiger partial charge in [0, 0.05) is 24.2 Å². The van der Waals surface area contributed by atoms with Crippen LogP contribution >= 0.6 is 0 Å². The van der Waals surface area contributed by atoms with Crippen LogP contribution in [0.5, 0.6) is 17.2 Å². The highest BCUT2D eigenvalue weighted by Gasteiger charge is 2.47. The van der Waals surface area contributed by atoms with Gasteiger partial charge in [0.1, 0.15) is 23.0 Å². The molecule has 0 aliphatic carbocycles. The molecule has 0 spiro atoms. The van der Waals surface area contributed by atoms with E-state index >= 15 is 0 Å². The molecule has 1 N–H and O–H groups in total. The highest BCUT2D eigenvalue weighted by molar-refractivity contribution is 6.46. The average Bonchev–Trinajstić information content (AvgIpc) is 3.06. The standard InChI is InChI=1S/C25H30N2O6/c1-6-33-18-9-7-8-16(14-18)23(28)21-22(19-15-17(31-4)10-11-20(19)32-5)27(13-12-26(2)3)25(30)24(21)29/h7-11,14-15,22,28H,6,12-13H2,1-5H3/b23-21+. The van der Waals surface area contributed by atoms with Gasteiger partial charge >= 0.3 is 0 Å². The Morgan fingerprint density at radius 2 is 1.82 bits per heavy atom. The van der Waals surface area contributed by atoms with Crippen molar-refractivity contribution in [2.75, 3.05) is 48.0 Å². The number of likely N-dealkylation sites (tertiary alicyclic amines) is 1. The second-order valence-corrected chi connectivity index (χ2v) is 7.86. The summed E-state index contributed by atoms with van der Waals surface area (Å²) in [5, 5.41) is 11.3. The van der Waals surface area contributed by atoms with E-state index in [-0.39, 0.29) is 11.3 Å². The maximum Gasteiger partial charge on any atom is 0.295 e. The summed E-state index contributed by atoms with van der Waals surface area (Å²) in [4.78, 5) is 29.7. The molecule has 2 aromatic carbocycles. The van der Waals surface area contributed by atoms with Gasteiger partial charge in [0.25, 0.3) is 11.7 Å². The Bertz CT molecular complexity index is 1060. The largest absolute Gasteiger partial charge is 0.507 e. The van der Waals surface area contributed by atoms with E-state index in [9.17, 15) is 14.7 Å². The second-order valence-electron chi connectivity index (χ2n) is 7.86. The molecule has 1 aliphatic heterocycles. The van der Waals surface area contributed by atoms with Crippen molar-refractivity contribution in [2.45, 2.75) is 13.0 Å². The molecule has 0 saturated carbocycles. The number of aliphatic hydroxyl groups is 1. The molecule has 1 aliphatic rings. The van der Waals surface area contributed by atoms with Gasteiger partial charge < -0.3 is 29.1 Å². The number of carbonyl (C=O) groups is 2. The minimum atomic E-state index is -0.842. The lowest BCUT2D eigenvalue weighted by Gasteiger charge is -2.28. The van der Waals surface area contributed by atoms with Gasteiger partial charge in [-0.1, -0.05) is 12.1 Å². The fourth-order valence-electron chi connectivity index (χ4n) is 3.85. The number of Topliss-reactive ketones (excluding diaryl/α,β-unsaturated/α-hetero) is 1. The highest BCUT2D eigenvalue weighted by Crippen LogP contribution is 2.43. The number of rotatable bonds is 9. The molecule has 1 amide bonds. The normalized spacial score (nSPS) is 17.5. The molecule has 1 atom stereocenters. The predicted molar refractivity (Wildman–Crippen MR) is 125 cm³/mol. The zero-order chi connectivity index (χ0) is 24.1.